The monoisotopic (exact) mass is 335 g/mol. The summed E-state index contributed by atoms with van der Waals surface area (Å²) in [5, 5.41) is 0. The maximum Gasteiger partial charge on any atom is 0.416 e. The molecule has 0 spiro atoms. The third kappa shape index (κ3) is 3.55. The highest BCUT2D eigenvalue weighted by Gasteiger charge is 2.31. The molecule has 0 unspecified atom stereocenters. The lowest BCUT2D eigenvalue weighted by Gasteiger charge is -2.32. The van der Waals surface area contributed by atoms with E-state index in [0.717, 1.165) is 30.7 Å². The molecule has 1 amide bonds. The molecule has 2 heterocycles. The number of rotatable bonds is 2. The van der Waals surface area contributed by atoms with Gasteiger partial charge in [0.15, 0.2) is 0 Å². The molecule has 0 radical (unpaired) electrons. The van der Waals surface area contributed by atoms with Crippen LogP contribution in [0.5, 0.6) is 0 Å². The molecular weight excluding hydrogens is 319 g/mol. The molecule has 4 nitrogen and oxygen atoms in total. The SMILES string of the molecule is O=C(c1ccc(C(F)(F)F)cc1)N1CCC[C@H](c2ccncn2)C1. The molecule has 1 atom stereocenters. The third-order valence-corrected chi connectivity index (χ3v) is 4.19. The number of carbonyl (C=O) groups is 1. The molecule has 1 saturated heterocycles. The van der Waals surface area contributed by atoms with E-state index in [1.165, 1.54) is 18.5 Å². The summed E-state index contributed by atoms with van der Waals surface area (Å²) in [6.07, 6.45) is 0.505. The molecule has 1 aliphatic heterocycles. The van der Waals surface area contributed by atoms with E-state index in [-0.39, 0.29) is 17.4 Å². The number of piperidine rings is 1. The molecular formula is C17H16F3N3O. The summed E-state index contributed by atoms with van der Waals surface area (Å²) >= 11 is 0. The highest BCUT2D eigenvalue weighted by Crippen LogP contribution is 2.30. The van der Waals surface area contributed by atoms with Gasteiger partial charge < -0.3 is 4.90 Å². The van der Waals surface area contributed by atoms with E-state index in [9.17, 15) is 18.0 Å². The smallest absolute Gasteiger partial charge is 0.338 e. The molecule has 1 aromatic carbocycles. The fourth-order valence-corrected chi connectivity index (χ4v) is 2.93. The van der Waals surface area contributed by atoms with Crippen molar-refractivity contribution in [1.29, 1.82) is 0 Å². The van der Waals surface area contributed by atoms with Crippen LogP contribution in [-0.4, -0.2) is 33.9 Å². The van der Waals surface area contributed by atoms with Gasteiger partial charge in [0.05, 0.1) is 5.56 Å². The summed E-state index contributed by atoms with van der Waals surface area (Å²) in [7, 11) is 0. The van der Waals surface area contributed by atoms with Crippen LogP contribution in [0.1, 0.15) is 40.4 Å². The maximum absolute atomic E-state index is 12.6. The number of likely N-dealkylation sites (tertiary alicyclic amines) is 1. The Hall–Kier alpha value is -2.44. The van der Waals surface area contributed by atoms with E-state index in [2.05, 4.69) is 9.97 Å². The van der Waals surface area contributed by atoms with Gasteiger partial charge in [-0.2, -0.15) is 13.2 Å². The number of aromatic nitrogens is 2. The molecule has 1 fully saturated rings. The summed E-state index contributed by atoms with van der Waals surface area (Å²) in [6, 6.07) is 6.19. The van der Waals surface area contributed by atoms with Crippen molar-refractivity contribution in [1.82, 2.24) is 14.9 Å². The van der Waals surface area contributed by atoms with Crippen molar-refractivity contribution in [2.24, 2.45) is 0 Å². The van der Waals surface area contributed by atoms with Gasteiger partial charge in [-0.25, -0.2) is 9.97 Å². The summed E-state index contributed by atoms with van der Waals surface area (Å²) in [5.41, 5.74) is 0.401. The largest absolute Gasteiger partial charge is 0.416 e. The van der Waals surface area contributed by atoms with Gasteiger partial charge in [-0.3, -0.25) is 4.79 Å². The molecule has 0 N–H and O–H groups in total. The normalized spacial score (nSPS) is 18.5. The standard InChI is InChI=1S/C17H16F3N3O/c18-17(19,20)14-5-3-12(4-6-14)16(24)23-9-1-2-13(10-23)15-7-8-21-11-22-15/h3-8,11,13H,1-2,9-10H2/t13-/m0/s1. The van der Waals surface area contributed by atoms with Crippen LogP contribution in [0.25, 0.3) is 0 Å². The molecule has 2 aromatic rings. The molecule has 7 heteroatoms. The highest BCUT2D eigenvalue weighted by atomic mass is 19.4. The average Bonchev–Trinajstić information content (AvgIpc) is 2.61. The fourth-order valence-electron chi connectivity index (χ4n) is 2.93. The summed E-state index contributed by atoms with van der Waals surface area (Å²) in [6.45, 7) is 1.11. The first kappa shape index (κ1) is 16.4. The first-order chi connectivity index (χ1) is 11.4. The Bertz CT molecular complexity index is 701. The number of carbonyl (C=O) groups excluding carboxylic acids is 1. The van der Waals surface area contributed by atoms with Crippen LogP contribution in [0.3, 0.4) is 0 Å². The third-order valence-electron chi connectivity index (χ3n) is 4.19. The van der Waals surface area contributed by atoms with E-state index in [4.69, 9.17) is 0 Å². The van der Waals surface area contributed by atoms with Crippen molar-refractivity contribution >= 4 is 5.91 Å². The van der Waals surface area contributed by atoms with Gasteiger partial charge in [0.25, 0.3) is 5.91 Å². The lowest BCUT2D eigenvalue weighted by atomic mass is 9.94. The van der Waals surface area contributed by atoms with Crippen molar-refractivity contribution in [3.05, 3.63) is 59.7 Å². The van der Waals surface area contributed by atoms with E-state index in [0.29, 0.717) is 13.1 Å². The number of hydrogen-bond donors (Lipinski definition) is 0. The van der Waals surface area contributed by atoms with E-state index in [1.807, 2.05) is 6.07 Å². The lowest BCUT2D eigenvalue weighted by molar-refractivity contribution is -0.137. The lowest BCUT2D eigenvalue weighted by Crippen LogP contribution is -2.39. The number of alkyl halides is 3. The molecule has 0 bridgehead atoms. The average molecular weight is 335 g/mol. The zero-order chi connectivity index (χ0) is 17.2. The van der Waals surface area contributed by atoms with Crippen LogP contribution in [-0.2, 0) is 6.18 Å². The Labute approximate surface area is 137 Å². The number of benzene rings is 1. The minimum Gasteiger partial charge on any atom is -0.338 e. The second-order valence-electron chi connectivity index (χ2n) is 5.80. The van der Waals surface area contributed by atoms with Crippen LogP contribution in [0.4, 0.5) is 13.2 Å². The van der Waals surface area contributed by atoms with Gasteiger partial charge in [-0.05, 0) is 43.2 Å². The van der Waals surface area contributed by atoms with Crippen molar-refractivity contribution < 1.29 is 18.0 Å². The Kier molecular flexibility index (Phi) is 4.51. The number of nitrogens with zero attached hydrogens (tertiary/aromatic N) is 3. The van der Waals surface area contributed by atoms with Gasteiger partial charge in [-0.1, -0.05) is 0 Å². The second kappa shape index (κ2) is 6.59. The van der Waals surface area contributed by atoms with Crippen molar-refractivity contribution in [3.63, 3.8) is 0 Å². The first-order valence-corrected chi connectivity index (χ1v) is 7.67. The van der Waals surface area contributed by atoms with E-state index >= 15 is 0 Å². The fraction of sp³-hybridized carbons (Fsp3) is 0.353. The van der Waals surface area contributed by atoms with Crippen molar-refractivity contribution in [2.75, 3.05) is 13.1 Å². The van der Waals surface area contributed by atoms with Gasteiger partial charge in [0, 0.05) is 36.5 Å². The summed E-state index contributed by atoms with van der Waals surface area (Å²) in [5.74, 6) is -0.123. The van der Waals surface area contributed by atoms with Gasteiger partial charge in [-0.15, -0.1) is 0 Å². The minimum atomic E-state index is -4.40. The maximum atomic E-state index is 12.6. The minimum absolute atomic E-state index is 0.125. The number of halogens is 3. The zero-order valence-electron chi connectivity index (χ0n) is 12.8. The Morgan fingerprint density at radius 1 is 1.17 bits per heavy atom. The number of hydrogen-bond acceptors (Lipinski definition) is 3. The van der Waals surface area contributed by atoms with Crippen LogP contribution in [0.2, 0.25) is 0 Å². The summed E-state index contributed by atoms with van der Waals surface area (Å²) in [4.78, 5) is 22.3. The van der Waals surface area contributed by atoms with Crippen LogP contribution in [0.15, 0.2) is 42.9 Å². The quantitative estimate of drug-likeness (QED) is 0.844. The van der Waals surface area contributed by atoms with E-state index in [1.54, 1.807) is 11.1 Å². The molecule has 0 saturated carbocycles. The highest BCUT2D eigenvalue weighted by molar-refractivity contribution is 5.94. The molecule has 3 rings (SSSR count). The Balaban J connectivity index is 1.73. The molecule has 1 aliphatic rings. The second-order valence-corrected chi connectivity index (χ2v) is 5.80. The molecule has 1 aromatic heterocycles. The van der Waals surface area contributed by atoms with Crippen LogP contribution in [0, 0.1) is 0 Å². The number of amides is 1. The zero-order valence-corrected chi connectivity index (χ0v) is 12.8. The van der Waals surface area contributed by atoms with Crippen molar-refractivity contribution in [3.8, 4) is 0 Å². The van der Waals surface area contributed by atoms with E-state index < -0.39 is 11.7 Å². The first-order valence-electron chi connectivity index (χ1n) is 7.67. The summed E-state index contributed by atoms with van der Waals surface area (Å²) < 4.78 is 37.8. The van der Waals surface area contributed by atoms with Crippen LogP contribution < -0.4 is 0 Å². The van der Waals surface area contributed by atoms with Gasteiger partial charge in [0.2, 0.25) is 0 Å². The van der Waals surface area contributed by atoms with Gasteiger partial charge >= 0.3 is 6.18 Å². The van der Waals surface area contributed by atoms with Crippen LogP contribution >= 0.6 is 0 Å². The Morgan fingerprint density at radius 3 is 2.54 bits per heavy atom. The van der Waals surface area contributed by atoms with Gasteiger partial charge in [0.1, 0.15) is 6.33 Å². The predicted octanol–water partition coefficient (Wildman–Crippen LogP) is 3.52. The molecule has 24 heavy (non-hydrogen) atoms. The molecule has 0 aliphatic carbocycles. The Morgan fingerprint density at radius 2 is 1.92 bits per heavy atom. The topological polar surface area (TPSA) is 46.1 Å². The molecule has 126 valence electrons. The predicted molar refractivity (Wildman–Crippen MR) is 81.4 cm³/mol. The van der Waals surface area contributed by atoms with Crippen molar-refractivity contribution in [2.45, 2.75) is 24.9 Å².